The van der Waals surface area contributed by atoms with Crippen LogP contribution < -0.4 is 10.1 Å². The van der Waals surface area contributed by atoms with Gasteiger partial charge >= 0.3 is 0 Å². The average Bonchev–Trinajstić information content (AvgIpc) is 2.49. The zero-order chi connectivity index (χ0) is 14.2. The van der Waals surface area contributed by atoms with Gasteiger partial charge in [-0.15, -0.1) is 0 Å². The molecule has 0 radical (unpaired) electrons. The third-order valence-electron chi connectivity index (χ3n) is 4.11. The number of nitrogens with one attached hydrogen (secondary N) is 1. The SMILES string of the molecule is CCCCCCC1CC(NCCC)c2ccccc2O1. The van der Waals surface area contributed by atoms with Crippen LogP contribution in [-0.4, -0.2) is 12.6 Å². The maximum Gasteiger partial charge on any atom is 0.124 e. The summed E-state index contributed by atoms with van der Waals surface area (Å²) in [6.07, 6.45) is 9.15. The molecule has 0 aromatic heterocycles. The Hall–Kier alpha value is -1.02. The van der Waals surface area contributed by atoms with Crippen LogP contribution in [0.1, 0.15) is 70.4 Å². The Kier molecular flexibility index (Phi) is 6.38. The summed E-state index contributed by atoms with van der Waals surface area (Å²) < 4.78 is 6.18. The molecule has 0 saturated heterocycles. The van der Waals surface area contributed by atoms with Gasteiger partial charge in [0, 0.05) is 18.0 Å². The van der Waals surface area contributed by atoms with Gasteiger partial charge in [-0.05, 0) is 31.9 Å². The largest absolute Gasteiger partial charge is 0.490 e. The Morgan fingerprint density at radius 3 is 2.75 bits per heavy atom. The lowest BCUT2D eigenvalue weighted by atomic mass is 9.93. The third kappa shape index (κ3) is 4.24. The van der Waals surface area contributed by atoms with Gasteiger partial charge in [-0.3, -0.25) is 0 Å². The molecule has 2 unspecified atom stereocenters. The molecule has 0 aliphatic carbocycles. The first-order chi connectivity index (χ1) is 9.85. The summed E-state index contributed by atoms with van der Waals surface area (Å²) in [5.74, 6) is 1.09. The van der Waals surface area contributed by atoms with Gasteiger partial charge in [-0.1, -0.05) is 51.3 Å². The lowest BCUT2D eigenvalue weighted by molar-refractivity contribution is 0.138. The minimum atomic E-state index is 0.385. The number of hydrogen-bond donors (Lipinski definition) is 1. The number of unbranched alkanes of at least 4 members (excludes halogenated alkanes) is 3. The second kappa shape index (κ2) is 8.31. The van der Waals surface area contributed by atoms with Crippen molar-refractivity contribution in [2.24, 2.45) is 0 Å². The summed E-state index contributed by atoms with van der Waals surface area (Å²) in [6.45, 7) is 5.57. The second-order valence-corrected chi connectivity index (χ2v) is 5.87. The van der Waals surface area contributed by atoms with Crippen molar-refractivity contribution in [1.82, 2.24) is 5.32 Å². The Balaban J connectivity index is 1.94. The molecule has 1 aromatic rings. The zero-order valence-corrected chi connectivity index (χ0v) is 13.0. The highest BCUT2D eigenvalue weighted by Gasteiger charge is 2.27. The fraction of sp³-hybridized carbons (Fsp3) is 0.667. The minimum absolute atomic E-state index is 0.385. The van der Waals surface area contributed by atoms with Crippen LogP contribution in [0.3, 0.4) is 0 Å². The maximum absolute atomic E-state index is 6.18. The maximum atomic E-state index is 6.18. The molecule has 0 fully saturated rings. The van der Waals surface area contributed by atoms with E-state index in [9.17, 15) is 0 Å². The summed E-state index contributed by atoms with van der Waals surface area (Å²) in [5, 5.41) is 3.68. The topological polar surface area (TPSA) is 21.3 Å². The summed E-state index contributed by atoms with van der Waals surface area (Å²) in [5.41, 5.74) is 1.34. The van der Waals surface area contributed by atoms with Crippen LogP contribution in [0.4, 0.5) is 0 Å². The van der Waals surface area contributed by atoms with Gasteiger partial charge in [0.1, 0.15) is 11.9 Å². The molecule has 2 nitrogen and oxygen atoms in total. The van der Waals surface area contributed by atoms with Gasteiger partial charge in [0.2, 0.25) is 0 Å². The normalized spacial score (nSPS) is 21.3. The van der Waals surface area contributed by atoms with Crippen molar-refractivity contribution < 1.29 is 4.74 Å². The van der Waals surface area contributed by atoms with Gasteiger partial charge in [0.15, 0.2) is 0 Å². The van der Waals surface area contributed by atoms with Crippen molar-refractivity contribution in [3.8, 4) is 5.75 Å². The molecule has 2 heteroatoms. The Morgan fingerprint density at radius 1 is 1.10 bits per heavy atom. The van der Waals surface area contributed by atoms with Crippen molar-refractivity contribution in [1.29, 1.82) is 0 Å². The van der Waals surface area contributed by atoms with E-state index < -0.39 is 0 Å². The molecule has 1 aromatic carbocycles. The number of ether oxygens (including phenoxy) is 1. The summed E-state index contributed by atoms with van der Waals surface area (Å²) in [7, 11) is 0. The summed E-state index contributed by atoms with van der Waals surface area (Å²) in [6, 6.07) is 8.99. The van der Waals surface area contributed by atoms with Gasteiger partial charge in [0.05, 0.1) is 0 Å². The molecule has 1 N–H and O–H groups in total. The average molecular weight is 275 g/mol. The third-order valence-corrected chi connectivity index (χ3v) is 4.11. The van der Waals surface area contributed by atoms with Crippen molar-refractivity contribution in [2.75, 3.05) is 6.54 Å². The number of benzene rings is 1. The molecule has 1 aliphatic heterocycles. The minimum Gasteiger partial charge on any atom is -0.490 e. The summed E-state index contributed by atoms with van der Waals surface area (Å²) >= 11 is 0. The molecule has 20 heavy (non-hydrogen) atoms. The van der Waals surface area contributed by atoms with Crippen molar-refractivity contribution in [3.05, 3.63) is 29.8 Å². The Labute approximate surface area is 123 Å². The van der Waals surface area contributed by atoms with Crippen LogP contribution in [0.2, 0.25) is 0 Å². The van der Waals surface area contributed by atoms with Crippen LogP contribution in [0.25, 0.3) is 0 Å². The Morgan fingerprint density at radius 2 is 1.95 bits per heavy atom. The molecule has 2 atom stereocenters. The van der Waals surface area contributed by atoms with Gasteiger partial charge in [0.25, 0.3) is 0 Å². The number of rotatable bonds is 8. The highest BCUT2D eigenvalue weighted by molar-refractivity contribution is 5.37. The van der Waals surface area contributed by atoms with Crippen molar-refractivity contribution >= 4 is 0 Å². The predicted octanol–water partition coefficient (Wildman–Crippen LogP) is 4.85. The standard InChI is InChI=1S/C18H29NO/c1-3-5-6-7-10-15-14-17(19-13-4-2)16-11-8-9-12-18(16)20-15/h8-9,11-12,15,17,19H,3-7,10,13-14H2,1-2H3. The van der Waals surface area contributed by atoms with Crippen molar-refractivity contribution in [2.45, 2.75) is 70.9 Å². The molecular weight excluding hydrogens is 246 g/mol. The molecule has 2 rings (SSSR count). The molecule has 0 bridgehead atoms. The quantitative estimate of drug-likeness (QED) is 0.685. The second-order valence-electron chi connectivity index (χ2n) is 5.87. The fourth-order valence-electron chi connectivity index (χ4n) is 2.98. The van der Waals surface area contributed by atoms with E-state index in [1.165, 1.54) is 44.1 Å². The Bertz CT molecular complexity index is 391. The van der Waals surface area contributed by atoms with E-state index in [0.29, 0.717) is 12.1 Å². The van der Waals surface area contributed by atoms with E-state index >= 15 is 0 Å². The molecule has 0 spiro atoms. The summed E-state index contributed by atoms with van der Waals surface area (Å²) in [4.78, 5) is 0. The van der Waals surface area contributed by atoms with Crippen LogP contribution in [0.5, 0.6) is 5.75 Å². The molecule has 0 amide bonds. The molecule has 112 valence electrons. The van der Waals surface area contributed by atoms with Gasteiger partial charge < -0.3 is 10.1 Å². The van der Waals surface area contributed by atoms with Crippen molar-refractivity contribution in [3.63, 3.8) is 0 Å². The number of para-hydroxylation sites is 1. The molecule has 0 saturated carbocycles. The lowest BCUT2D eigenvalue weighted by Crippen LogP contribution is -2.33. The van der Waals surface area contributed by atoms with Crippen LogP contribution in [-0.2, 0) is 0 Å². The first kappa shape index (κ1) is 15.4. The lowest BCUT2D eigenvalue weighted by Gasteiger charge is -2.33. The van der Waals surface area contributed by atoms with E-state index in [1.54, 1.807) is 0 Å². The van der Waals surface area contributed by atoms with Crippen LogP contribution in [0, 0.1) is 0 Å². The highest BCUT2D eigenvalue weighted by atomic mass is 16.5. The first-order valence-electron chi connectivity index (χ1n) is 8.34. The predicted molar refractivity (Wildman–Crippen MR) is 85.3 cm³/mol. The highest BCUT2D eigenvalue weighted by Crippen LogP contribution is 2.35. The van der Waals surface area contributed by atoms with Gasteiger partial charge in [-0.25, -0.2) is 0 Å². The monoisotopic (exact) mass is 275 g/mol. The first-order valence-corrected chi connectivity index (χ1v) is 8.34. The van der Waals surface area contributed by atoms with E-state index in [-0.39, 0.29) is 0 Å². The molecule has 1 aliphatic rings. The molecular formula is C18H29NO. The van der Waals surface area contributed by atoms with Crippen LogP contribution in [0.15, 0.2) is 24.3 Å². The number of hydrogen-bond acceptors (Lipinski definition) is 2. The van der Waals surface area contributed by atoms with E-state index in [0.717, 1.165) is 18.7 Å². The van der Waals surface area contributed by atoms with E-state index in [4.69, 9.17) is 4.74 Å². The van der Waals surface area contributed by atoms with E-state index in [2.05, 4.69) is 43.4 Å². The van der Waals surface area contributed by atoms with Gasteiger partial charge in [-0.2, -0.15) is 0 Å². The zero-order valence-electron chi connectivity index (χ0n) is 13.0. The molecule has 1 heterocycles. The number of fused-ring (bicyclic) bond motifs is 1. The van der Waals surface area contributed by atoms with Crippen LogP contribution >= 0.6 is 0 Å². The van der Waals surface area contributed by atoms with E-state index in [1.807, 2.05) is 0 Å². The smallest absolute Gasteiger partial charge is 0.124 e. The fourth-order valence-corrected chi connectivity index (χ4v) is 2.98.